The summed E-state index contributed by atoms with van der Waals surface area (Å²) >= 11 is 5.32. The van der Waals surface area contributed by atoms with E-state index >= 15 is 0 Å². The fraction of sp³-hybridized carbons (Fsp3) is 0.462. The Bertz CT molecular complexity index is 426. The van der Waals surface area contributed by atoms with Gasteiger partial charge in [-0.05, 0) is 50.6 Å². The summed E-state index contributed by atoms with van der Waals surface area (Å²) in [5.41, 5.74) is -0.299. The van der Waals surface area contributed by atoms with Crippen LogP contribution in [0.25, 0.3) is 0 Å². The molecular weight excluding hydrogens is 296 g/mol. The Kier molecular flexibility index (Phi) is 4.13. The van der Waals surface area contributed by atoms with Gasteiger partial charge in [0, 0.05) is 14.6 Å². The minimum absolute atomic E-state index is 0.299. The number of hydrogen-bond donors (Lipinski definition) is 1. The number of nitriles is 1. The van der Waals surface area contributed by atoms with Crippen LogP contribution in [0.2, 0.25) is 0 Å². The van der Waals surface area contributed by atoms with E-state index in [1.165, 1.54) is 4.90 Å². The summed E-state index contributed by atoms with van der Waals surface area (Å²) in [6.45, 7) is 0. The van der Waals surface area contributed by atoms with Crippen molar-refractivity contribution in [3.8, 4) is 6.07 Å². The molecule has 1 aliphatic rings. The van der Waals surface area contributed by atoms with Crippen molar-refractivity contribution in [3.05, 3.63) is 28.7 Å². The third kappa shape index (κ3) is 3.04. The summed E-state index contributed by atoms with van der Waals surface area (Å²) in [5.74, 6) is 0. The lowest BCUT2D eigenvalue weighted by atomic mass is 10.0. The number of nitrogens with one attached hydrogen (secondary N) is 1. The second kappa shape index (κ2) is 5.43. The second-order valence-electron chi connectivity index (χ2n) is 4.38. The standard InChI is InChI=1S/C13H15BrN2S/c1-16-13(9-15)7-6-12(8-13)17-11-4-2-10(14)3-5-11/h2-5,12,16H,6-8H2,1H3. The van der Waals surface area contributed by atoms with Gasteiger partial charge in [-0.25, -0.2) is 0 Å². The molecule has 2 nitrogen and oxygen atoms in total. The third-order valence-electron chi connectivity index (χ3n) is 3.28. The van der Waals surface area contributed by atoms with Gasteiger partial charge < -0.3 is 5.32 Å². The third-order valence-corrected chi connectivity index (χ3v) is 5.09. The average Bonchev–Trinajstić information content (AvgIpc) is 2.76. The maximum Gasteiger partial charge on any atom is 0.107 e. The smallest absolute Gasteiger partial charge is 0.107 e. The fourth-order valence-corrected chi connectivity index (χ4v) is 3.74. The van der Waals surface area contributed by atoms with E-state index in [-0.39, 0.29) is 5.54 Å². The van der Waals surface area contributed by atoms with Crippen LogP contribution >= 0.6 is 27.7 Å². The molecule has 0 saturated heterocycles. The Morgan fingerprint density at radius 3 is 2.71 bits per heavy atom. The molecule has 1 N–H and O–H groups in total. The van der Waals surface area contributed by atoms with Gasteiger partial charge in [0.25, 0.3) is 0 Å². The fourth-order valence-electron chi connectivity index (χ4n) is 2.19. The molecule has 1 saturated carbocycles. The Hall–Kier alpha value is -0.500. The van der Waals surface area contributed by atoms with Crippen LogP contribution in [0.15, 0.2) is 33.6 Å². The summed E-state index contributed by atoms with van der Waals surface area (Å²) in [4.78, 5) is 1.28. The molecule has 2 atom stereocenters. The number of hydrogen-bond acceptors (Lipinski definition) is 3. The molecule has 0 spiro atoms. The maximum atomic E-state index is 9.21. The van der Waals surface area contributed by atoms with E-state index in [1.54, 1.807) is 0 Å². The molecule has 0 amide bonds. The monoisotopic (exact) mass is 310 g/mol. The molecule has 1 aromatic carbocycles. The van der Waals surface area contributed by atoms with Gasteiger partial charge in [-0.1, -0.05) is 15.9 Å². The SMILES string of the molecule is CNC1(C#N)CCC(Sc2ccc(Br)cc2)C1. The van der Waals surface area contributed by atoms with Gasteiger partial charge in [0.15, 0.2) is 0 Å². The molecular formula is C13H15BrN2S. The largest absolute Gasteiger partial charge is 0.302 e. The second-order valence-corrected chi connectivity index (χ2v) is 6.67. The zero-order chi connectivity index (χ0) is 12.3. The Balaban J connectivity index is 1.98. The summed E-state index contributed by atoms with van der Waals surface area (Å²) in [5, 5.41) is 12.9. The highest BCUT2D eigenvalue weighted by Crippen LogP contribution is 2.39. The lowest BCUT2D eigenvalue weighted by Gasteiger charge is -2.19. The predicted molar refractivity (Wildman–Crippen MR) is 75.0 cm³/mol. The predicted octanol–water partition coefficient (Wildman–Crippen LogP) is 3.58. The highest BCUT2D eigenvalue weighted by Gasteiger charge is 2.38. The molecule has 17 heavy (non-hydrogen) atoms. The van der Waals surface area contributed by atoms with E-state index in [2.05, 4.69) is 51.6 Å². The van der Waals surface area contributed by atoms with E-state index < -0.39 is 0 Å². The molecule has 1 aliphatic carbocycles. The first-order chi connectivity index (χ1) is 8.17. The van der Waals surface area contributed by atoms with E-state index in [9.17, 15) is 5.26 Å². The van der Waals surface area contributed by atoms with Crippen LogP contribution in [0.4, 0.5) is 0 Å². The van der Waals surface area contributed by atoms with Crippen molar-refractivity contribution >= 4 is 27.7 Å². The quantitative estimate of drug-likeness (QED) is 0.927. The first-order valence-electron chi connectivity index (χ1n) is 5.70. The van der Waals surface area contributed by atoms with Gasteiger partial charge in [-0.2, -0.15) is 5.26 Å². The van der Waals surface area contributed by atoms with E-state index in [0.29, 0.717) is 5.25 Å². The highest BCUT2D eigenvalue weighted by molar-refractivity contribution is 9.10. The van der Waals surface area contributed by atoms with Crippen LogP contribution in [-0.4, -0.2) is 17.8 Å². The molecule has 0 bridgehead atoms. The zero-order valence-corrected chi connectivity index (χ0v) is 12.1. The molecule has 1 aromatic rings. The van der Waals surface area contributed by atoms with Gasteiger partial charge in [0.1, 0.15) is 5.54 Å². The molecule has 0 radical (unpaired) electrons. The molecule has 0 aromatic heterocycles. The van der Waals surface area contributed by atoms with Crippen molar-refractivity contribution in [2.45, 2.75) is 34.9 Å². The Morgan fingerprint density at radius 2 is 2.18 bits per heavy atom. The number of halogens is 1. The maximum absolute atomic E-state index is 9.21. The highest BCUT2D eigenvalue weighted by atomic mass is 79.9. The van der Waals surface area contributed by atoms with Crippen LogP contribution in [0.5, 0.6) is 0 Å². The average molecular weight is 311 g/mol. The normalized spacial score (nSPS) is 27.9. The van der Waals surface area contributed by atoms with Gasteiger partial charge in [0.05, 0.1) is 6.07 Å². The first kappa shape index (κ1) is 12.9. The number of benzene rings is 1. The summed E-state index contributed by atoms with van der Waals surface area (Å²) in [6.07, 6.45) is 2.99. The van der Waals surface area contributed by atoms with E-state index in [4.69, 9.17) is 0 Å². The molecule has 0 aliphatic heterocycles. The number of nitrogens with zero attached hydrogens (tertiary/aromatic N) is 1. The lowest BCUT2D eigenvalue weighted by molar-refractivity contribution is 0.464. The number of thioether (sulfide) groups is 1. The van der Waals surface area contributed by atoms with Gasteiger partial charge in [-0.15, -0.1) is 11.8 Å². The van der Waals surface area contributed by atoms with Crippen molar-refractivity contribution in [1.29, 1.82) is 5.26 Å². The van der Waals surface area contributed by atoms with Crippen molar-refractivity contribution in [3.63, 3.8) is 0 Å². The summed E-state index contributed by atoms with van der Waals surface area (Å²) < 4.78 is 1.11. The molecule has 90 valence electrons. The van der Waals surface area contributed by atoms with Crippen LogP contribution in [0, 0.1) is 11.3 Å². The van der Waals surface area contributed by atoms with Crippen molar-refractivity contribution in [1.82, 2.24) is 5.32 Å². The molecule has 1 fully saturated rings. The minimum atomic E-state index is -0.299. The van der Waals surface area contributed by atoms with Gasteiger partial charge in [0.2, 0.25) is 0 Å². The van der Waals surface area contributed by atoms with E-state index in [1.807, 2.05) is 18.8 Å². The molecule has 2 rings (SSSR count). The molecule has 0 heterocycles. The van der Waals surface area contributed by atoms with Crippen molar-refractivity contribution in [2.24, 2.45) is 0 Å². The van der Waals surface area contributed by atoms with Crippen LogP contribution in [0.3, 0.4) is 0 Å². The van der Waals surface area contributed by atoms with Crippen LogP contribution in [-0.2, 0) is 0 Å². The van der Waals surface area contributed by atoms with Crippen molar-refractivity contribution < 1.29 is 0 Å². The first-order valence-corrected chi connectivity index (χ1v) is 7.37. The van der Waals surface area contributed by atoms with Gasteiger partial charge >= 0.3 is 0 Å². The van der Waals surface area contributed by atoms with Crippen molar-refractivity contribution in [2.75, 3.05) is 7.05 Å². The Labute approximate surface area is 115 Å². The summed E-state index contributed by atoms with van der Waals surface area (Å²) in [6, 6.07) is 10.8. The Morgan fingerprint density at radius 1 is 1.47 bits per heavy atom. The van der Waals surface area contributed by atoms with E-state index in [0.717, 1.165) is 23.7 Å². The lowest BCUT2D eigenvalue weighted by Crippen LogP contribution is -2.38. The van der Waals surface area contributed by atoms with Crippen LogP contribution in [0.1, 0.15) is 19.3 Å². The number of rotatable bonds is 3. The zero-order valence-electron chi connectivity index (χ0n) is 9.74. The topological polar surface area (TPSA) is 35.8 Å². The van der Waals surface area contributed by atoms with Gasteiger partial charge in [-0.3, -0.25) is 0 Å². The summed E-state index contributed by atoms with van der Waals surface area (Å²) in [7, 11) is 1.88. The molecule has 4 heteroatoms. The molecule has 2 unspecified atom stereocenters. The minimum Gasteiger partial charge on any atom is -0.302 e. The van der Waals surface area contributed by atoms with Crippen LogP contribution < -0.4 is 5.32 Å².